The molecule has 18 heavy (non-hydrogen) atoms. The van der Waals surface area contributed by atoms with Gasteiger partial charge >= 0.3 is 5.97 Å². The largest absolute Gasteiger partial charge is 0.464 e. The predicted octanol–water partition coefficient (Wildman–Crippen LogP) is 1.50. The first kappa shape index (κ1) is 12.4. The van der Waals surface area contributed by atoms with Gasteiger partial charge in [-0.1, -0.05) is 11.6 Å². The van der Waals surface area contributed by atoms with Crippen LogP contribution in [0.1, 0.15) is 10.5 Å². The lowest BCUT2D eigenvalue weighted by Gasteiger charge is -2.06. The van der Waals surface area contributed by atoms with Crippen LogP contribution in [0.4, 0.5) is 5.69 Å². The minimum absolute atomic E-state index is 0.0141. The summed E-state index contributed by atoms with van der Waals surface area (Å²) in [5, 5.41) is 4.27. The average Bonchev–Trinajstić information content (AvgIpc) is 2.78. The normalized spacial score (nSPS) is 10.4. The summed E-state index contributed by atoms with van der Waals surface area (Å²) < 4.78 is 6.23. The van der Waals surface area contributed by atoms with Gasteiger partial charge in [0.05, 0.1) is 23.5 Å². The lowest BCUT2D eigenvalue weighted by Crippen LogP contribution is -2.08. The molecule has 2 heterocycles. The number of anilines is 1. The molecule has 2 rings (SSSR count). The number of halogens is 1. The van der Waals surface area contributed by atoms with Gasteiger partial charge in [0.25, 0.3) is 0 Å². The number of carbonyl (C=O) groups is 1. The number of methoxy groups -OCH3 is 1. The molecule has 0 aliphatic heterocycles. The first-order valence-corrected chi connectivity index (χ1v) is 5.45. The zero-order valence-electron chi connectivity index (χ0n) is 9.85. The highest BCUT2D eigenvalue weighted by molar-refractivity contribution is 6.35. The molecule has 0 aromatic carbocycles. The lowest BCUT2D eigenvalue weighted by atomic mass is 10.2. The molecule has 0 spiro atoms. The van der Waals surface area contributed by atoms with Crippen molar-refractivity contribution in [3.05, 3.63) is 29.0 Å². The standard InChI is InChI=1S/C11H11ClN4O2/c1-16-4-3-7(15-16)8-5-6(13)9(12)10(14-8)11(17)18-2/h3-5H,1-2H3,(H2,13,14). The van der Waals surface area contributed by atoms with Crippen molar-refractivity contribution >= 4 is 23.3 Å². The van der Waals surface area contributed by atoms with Crippen molar-refractivity contribution in [3.8, 4) is 11.4 Å². The number of carbonyl (C=O) groups excluding carboxylic acids is 1. The molecule has 0 atom stereocenters. The van der Waals surface area contributed by atoms with Crippen molar-refractivity contribution in [2.75, 3.05) is 12.8 Å². The Kier molecular flexibility index (Phi) is 3.20. The molecule has 0 saturated heterocycles. The predicted molar refractivity (Wildman–Crippen MR) is 67.2 cm³/mol. The average molecular weight is 267 g/mol. The number of hydrogen-bond acceptors (Lipinski definition) is 5. The number of hydrogen-bond donors (Lipinski definition) is 1. The summed E-state index contributed by atoms with van der Waals surface area (Å²) in [4.78, 5) is 15.7. The number of ether oxygens (including phenoxy) is 1. The number of pyridine rings is 1. The summed E-state index contributed by atoms with van der Waals surface area (Å²) in [5.74, 6) is -0.635. The van der Waals surface area contributed by atoms with Crippen molar-refractivity contribution in [1.82, 2.24) is 14.8 Å². The van der Waals surface area contributed by atoms with Gasteiger partial charge in [0.15, 0.2) is 5.69 Å². The molecule has 0 aliphatic carbocycles. The number of aryl methyl sites for hydroxylation is 1. The Morgan fingerprint density at radius 1 is 1.50 bits per heavy atom. The molecule has 0 aliphatic rings. The van der Waals surface area contributed by atoms with Crippen molar-refractivity contribution in [3.63, 3.8) is 0 Å². The van der Waals surface area contributed by atoms with Crippen LogP contribution in [0.15, 0.2) is 18.3 Å². The van der Waals surface area contributed by atoms with E-state index >= 15 is 0 Å². The molecule has 2 N–H and O–H groups in total. The molecular weight excluding hydrogens is 256 g/mol. The van der Waals surface area contributed by atoms with Gasteiger partial charge in [0, 0.05) is 13.2 Å². The van der Waals surface area contributed by atoms with E-state index in [0.29, 0.717) is 11.4 Å². The van der Waals surface area contributed by atoms with Crippen LogP contribution >= 0.6 is 11.6 Å². The summed E-state index contributed by atoms with van der Waals surface area (Å²) in [7, 11) is 3.04. The van der Waals surface area contributed by atoms with Gasteiger partial charge in [-0.05, 0) is 12.1 Å². The van der Waals surface area contributed by atoms with E-state index < -0.39 is 5.97 Å². The van der Waals surface area contributed by atoms with Crippen molar-refractivity contribution in [1.29, 1.82) is 0 Å². The smallest absolute Gasteiger partial charge is 0.358 e. The number of nitrogen functional groups attached to an aromatic ring is 1. The summed E-state index contributed by atoms with van der Waals surface area (Å²) in [6, 6.07) is 3.33. The van der Waals surface area contributed by atoms with E-state index in [1.54, 1.807) is 30.1 Å². The maximum absolute atomic E-state index is 11.5. The Morgan fingerprint density at radius 3 is 2.78 bits per heavy atom. The number of aromatic nitrogens is 3. The topological polar surface area (TPSA) is 83.0 Å². The lowest BCUT2D eigenvalue weighted by molar-refractivity contribution is 0.0594. The fraction of sp³-hybridized carbons (Fsp3) is 0.182. The van der Waals surface area contributed by atoms with Crippen molar-refractivity contribution in [2.24, 2.45) is 7.05 Å². The number of rotatable bonds is 2. The van der Waals surface area contributed by atoms with Crippen LogP contribution < -0.4 is 5.73 Å². The highest BCUT2D eigenvalue weighted by Crippen LogP contribution is 2.27. The van der Waals surface area contributed by atoms with E-state index in [-0.39, 0.29) is 16.4 Å². The van der Waals surface area contributed by atoms with Crippen LogP contribution in [0.5, 0.6) is 0 Å². The number of nitrogens with zero attached hydrogens (tertiary/aromatic N) is 3. The van der Waals surface area contributed by atoms with Gasteiger partial charge in [0.1, 0.15) is 5.69 Å². The van der Waals surface area contributed by atoms with E-state index in [0.717, 1.165) is 0 Å². The Bertz CT molecular complexity index is 609. The van der Waals surface area contributed by atoms with Gasteiger partial charge in [0.2, 0.25) is 0 Å². The van der Waals surface area contributed by atoms with Crippen molar-refractivity contribution in [2.45, 2.75) is 0 Å². The second kappa shape index (κ2) is 4.66. The molecule has 0 saturated carbocycles. The molecule has 0 unspecified atom stereocenters. The second-order valence-corrected chi connectivity index (χ2v) is 4.00. The highest BCUT2D eigenvalue weighted by Gasteiger charge is 2.18. The van der Waals surface area contributed by atoms with E-state index in [9.17, 15) is 4.79 Å². The maximum atomic E-state index is 11.5. The third-order valence-electron chi connectivity index (χ3n) is 2.34. The summed E-state index contributed by atoms with van der Waals surface area (Å²) in [5.41, 5.74) is 7.06. The van der Waals surface area contributed by atoms with E-state index in [1.165, 1.54) is 7.11 Å². The zero-order chi connectivity index (χ0) is 13.3. The van der Waals surface area contributed by atoms with Gasteiger partial charge < -0.3 is 10.5 Å². The summed E-state index contributed by atoms with van der Waals surface area (Å²) in [6.45, 7) is 0. The van der Waals surface area contributed by atoms with Gasteiger partial charge in [-0.25, -0.2) is 9.78 Å². The Hall–Kier alpha value is -2.08. The van der Waals surface area contributed by atoms with Gasteiger partial charge in [-0.3, -0.25) is 4.68 Å². The van der Waals surface area contributed by atoms with Crippen LogP contribution in [0.3, 0.4) is 0 Å². The molecule has 0 bridgehead atoms. The first-order valence-electron chi connectivity index (χ1n) is 5.07. The highest BCUT2D eigenvalue weighted by atomic mass is 35.5. The number of esters is 1. The molecule has 6 nitrogen and oxygen atoms in total. The van der Waals surface area contributed by atoms with Crippen LogP contribution in [-0.2, 0) is 11.8 Å². The van der Waals surface area contributed by atoms with E-state index in [1.807, 2.05) is 0 Å². The monoisotopic (exact) mass is 266 g/mol. The fourth-order valence-electron chi connectivity index (χ4n) is 1.46. The van der Waals surface area contributed by atoms with Crippen LogP contribution in [0.2, 0.25) is 5.02 Å². The molecule has 0 fully saturated rings. The minimum atomic E-state index is -0.635. The van der Waals surface area contributed by atoms with Gasteiger partial charge in [-0.2, -0.15) is 5.10 Å². The molecule has 94 valence electrons. The first-order chi connectivity index (χ1) is 8.52. The third kappa shape index (κ3) is 2.14. The molecule has 2 aromatic heterocycles. The third-order valence-corrected chi connectivity index (χ3v) is 2.74. The fourth-order valence-corrected chi connectivity index (χ4v) is 1.64. The number of nitrogens with two attached hydrogens (primary N) is 1. The molecule has 0 amide bonds. The maximum Gasteiger partial charge on any atom is 0.358 e. The molecule has 2 aromatic rings. The Labute approximate surface area is 108 Å². The minimum Gasteiger partial charge on any atom is -0.464 e. The van der Waals surface area contributed by atoms with Gasteiger partial charge in [-0.15, -0.1) is 0 Å². The summed E-state index contributed by atoms with van der Waals surface area (Å²) >= 11 is 5.92. The Balaban J connectivity index is 2.57. The molecular formula is C11H11ClN4O2. The summed E-state index contributed by atoms with van der Waals surface area (Å²) in [6.07, 6.45) is 1.76. The van der Waals surface area contributed by atoms with E-state index in [4.69, 9.17) is 17.3 Å². The van der Waals surface area contributed by atoms with Crippen LogP contribution in [0.25, 0.3) is 11.4 Å². The van der Waals surface area contributed by atoms with Crippen LogP contribution in [0, 0.1) is 0 Å². The van der Waals surface area contributed by atoms with Crippen LogP contribution in [-0.4, -0.2) is 27.8 Å². The molecule has 0 radical (unpaired) electrons. The second-order valence-electron chi connectivity index (χ2n) is 3.63. The zero-order valence-corrected chi connectivity index (χ0v) is 10.6. The SMILES string of the molecule is COC(=O)c1nc(-c2ccn(C)n2)cc(N)c1Cl. The Morgan fingerprint density at radius 2 is 2.22 bits per heavy atom. The van der Waals surface area contributed by atoms with E-state index in [2.05, 4.69) is 14.8 Å². The van der Waals surface area contributed by atoms with Crippen molar-refractivity contribution < 1.29 is 9.53 Å². The quantitative estimate of drug-likeness (QED) is 0.833. The molecule has 7 heteroatoms.